The Hall–Kier alpha value is -1.26. The summed E-state index contributed by atoms with van der Waals surface area (Å²) in [6.45, 7) is 2.00. The van der Waals surface area contributed by atoms with Crippen molar-refractivity contribution in [3.63, 3.8) is 0 Å². The number of benzene rings is 2. The summed E-state index contributed by atoms with van der Waals surface area (Å²) >= 11 is 5.14. The number of hydrogen-bond acceptors (Lipinski definition) is 2. The zero-order valence-electron chi connectivity index (χ0n) is 11.2. The van der Waals surface area contributed by atoms with Crippen LogP contribution in [0.2, 0.25) is 0 Å². The molecule has 0 atom stereocenters. The van der Waals surface area contributed by atoms with Crippen molar-refractivity contribution in [2.75, 3.05) is 11.1 Å². The van der Waals surface area contributed by atoms with Gasteiger partial charge in [-0.25, -0.2) is 0 Å². The van der Waals surface area contributed by atoms with Gasteiger partial charge in [0, 0.05) is 27.2 Å². The Morgan fingerprint density at radius 1 is 1.20 bits per heavy atom. The Labute approximate surface area is 132 Å². The van der Waals surface area contributed by atoms with Gasteiger partial charge in [0.05, 0.1) is 0 Å². The molecule has 0 saturated heterocycles. The molecule has 0 fully saturated rings. The van der Waals surface area contributed by atoms with Crippen LogP contribution in [0.5, 0.6) is 0 Å². The van der Waals surface area contributed by atoms with Crippen LogP contribution >= 0.6 is 27.7 Å². The van der Waals surface area contributed by atoms with Gasteiger partial charge in [0.1, 0.15) is 0 Å². The van der Waals surface area contributed by atoms with Crippen molar-refractivity contribution >= 4 is 39.3 Å². The minimum atomic E-state index is 0.0511. The maximum atomic E-state index is 11.9. The first-order valence-electron chi connectivity index (χ1n) is 6.39. The first kappa shape index (κ1) is 15.1. The van der Waals surface area contributed by atoms with Crippen LogP contribution < -0.4 is 5.32 Å². The summed E-state index contributed by atoms with van der Waals surface area (Å²) in [5.74, 6) is 0.834. The highest BCUT2D eigenvalue weighted by molar-refractivity contribution is 9.10. The molecule has 0 unspecified atom stereocenters. The fourth-order valence-corrected chi connectivity index (χ4v) is 2.84. The third-order valence-corrected chi connectivity index (χ3v) is 4.69. The molecule has 2 aromatic carbocycles. The fraction of sp³-hybridized carbons (Fsp3) is 0.188. The molecule has 0 spiro atoms. The minimum Gasteiger partial charge on any atom is -0.326 e. The number of carbonyl (C=O) groups excluding carboxylic acids is 1. The molecule has 0 heterocycles. The quantitative estimate of drug-likeness (QED) is 0.779. The number of anilines is 1. The average Bonchev–Trinajstić information content (AvgIpc) is 2.44. The summed E-state index contributed by atoms with van der Waals surface area (Å²) in [6.07, 6.45) is 0.509. The lowest BCUT2D eigenvalue weighted by Gasteiger charge is -2.07. The van der Waals surface area contributed by atoms with Crippen LogP contribution in [0.25, 0.3) is 0 Å². The maximum Gasteiger partial charge on any atom is 0.225 e. The second-order valence-corrected chi connectivity index (χ2v) is 6.45. The van der Waals surface area contributed by atoms with Crippen LogP contribution in [0.15, 0.2) is 57.9 Å². The van der Waals surface area contributed by atoms with Gasteiger partial charge in [-0.2, -0.15) is 0 Å². The van der Waals surface area contributed by atoms with E-state index in [1.54, 1.807) is 11.8 Å². The van der Waals surface area contributed by atoms with Gasteiger partial charge < -0.3 is 5.32 Å². The summed E-state index contributed by atoms with van der Waals surface area (Å²) < 4.78 is 1.05. The number of aryl methyl sites for hydroxylation is 1. The van der Waals surface area contributed by atoms with Gasteiger partial charge in [0.15, 0.2) is 0 Å². The number of carbonyl (C=O) groups is 1. The lowest BCUT2D eigenvalue weighted by Crippen LogP contribution is -2.12. The fourth-order valence-electron chi connectivity index (χ4n) is 1.72. The standard InChI is InChI=1S/C16H16BrNOS/c1-12-11-13(7-8-15(12)17)18-16(19)9-10-20-14-5-3-2-4-6-14/h2-8,11H,9-10H2,1H3,(H,18,19). The number of thioether (sulfide) groups is 1. The number of nitrogens with one attached hydrogen (secondary N) is 1. The zero-order chi connectivity index (χ0) is 14.4. The van der Waals surface area contributed by atoms with Crippen molar-refractivity contribution < 1.29 is 4.79 Å². The average molecular weight is 350 g/mol. The van der Waals surface area contributed by atoms with Crippen LogP contribution in [0, 0.1) is 6.92 Å². The molecule has 1 N–H and O–H groups in total. The van der Waals surface area contributed by atoms with Gasteiger partial charge in [0.2, 0.25) is 5.91 Å². The lowest BCUT2D eigenvalue weighted by molar-refractivity contribution is -0.115. The van der Waals surface area contributed by atoms with E-state index < -0.39 is 0 Å². The van der Waals surface area contributed by atoms with Crippen LogP contribution in [0.4, 0.5) is 5.69 Å². The normalized spacial score (nSPS) is 10.3. The van der Waals surface area contributed by atoms with Crippen molar-refractivity contribution in [1.82, 2.24) is 0 Å². The van der Waals surface area contributed by atoms with Crippen molar-refractivity contribution in [3.05, 3.63) is 58.6 Å². The lowest BCUT2D eigenvalue weighted by atomic mass is 10.2. The molecule has 0 aliphatic carbocycles. The molecule has 1 amide bonds. The van der Waals surface area contributed by atoms with E-state index in [0.29, 0.717) is 6.42 Å². The Bertz CT molecular complexity index is 586. The van der Waals surface area contributed by atoms with E-state index in [2.05, 4.69) is 33.4 Å². The van der Waals surface area contributed by atoms with E-state index in [1.807, 2.05) is 43.3 Å². The largest absolute Gasteiger partial charge is 0.326 e. The summed E-state index contributed by atoms with van der Waals surface area (Å²) in [4.78, 5) is 13.1. The van der Waals surface area contributed by atoms with E-state index in [-0.39, 0.29) is 5.91 Å². The molecule has 0 bridgehead atoms. The Kier molecular flexibility index (Phi) is 5.68. The molecule has 0 radical (unpaired) electrons. The van der Waals surface area contributed by atoms with Crippen LogP contribution in [0.3, 0.4) is 0 Å². The van der Waals surface area contributed by atoms with Crippen molar-refractivity contribution in [2.45, 2.75) is 18.2 Å². The van der Waals surface area contributed by atoms with E-state index in [0.717, 1.165) is 21.5 Å². The molecule has 4 heteroatoms. The van der Waals surface area contributed by atoms with Gasteiger partial charge in [-0.15, -0.1) is 11.8 Å². The van der Waals surface area contributed by atoms with E-state index in [4.69, 9.17) is 0 Å². The molecular formula is C16H16BrNOS. The predicted molar refractivity (Wildman–Crippen MR) is 89.3 cm³/mol. The monoisotopic (exact) mass is 349 g/mol. The Morgan fingerprint density at radius 2 is 1.95 bits per heavy atom. The first-order chi connectivity index (χ1) is 9.65. The number of hydrogen-bond donors (Lipinski definition) is 1. The molecule has 0 aliphatic heterocycles. The number of halogens is 1. The molecular weight excluding hydrogens is 334 g/mol. The maximum absolute atomic E-state index is 11.9. The van der Waals surface area contributed by atoms with E-state index in [9.17, 15) is 4.79 Å². The van der Waals surface area contributed by atoms with Gasteiger partial charge in [0.25, 0.3) is 0 Å². The van der Waals surface area contributed by atoms with Gasteiger partial charge >= 0.3 is 0 Å². The molecule has 2 aromatic rings. The van der Waals surface area contributed by atoms with Crippen molar-refractivity contribution in [1.29, 1.82) is 0 Å². The van der Waals surface area contributed by atoms with Gasteiger partial charge in [-0.3, -0.25) is 4.79 Å². The van der Waals surface area contributed by atoms with E-state index in [1.165, 1.54) is 4.90 Å². The molecule has 0 saturated carbocycles. The Balaban J connectivity index is 1.79. The topological polar surface area (TPSA) is 29.1 Å². The third kappa shape index (κ3) is 4.69. The molecule has 2 rings (SSSR count). The Morgan fingerprint density at radius 3 is 2.65 bits per heavy atom. The van der Waals surface area contributed by atoms with Gasteiger partial charge in [-0.05, 0) is 42.8 Å². The summed E-state index contributed by atoms with van der Waals surface area (Å²) in [5, 5.41) is 2.92. The van der Waals surface area contributed by atoms with Crippen molar-refractivity contribution in [2.24, 2.45) is 0 Å². The molecule has 104 valence electrons. The number of amides is 1. The van der Waals surface area contributed by atoms with Crippen LogP contribution in [-0.4, -0.2) is 11.7 Å². The predicted octanol–water partition coefficient (Wildman–Crippen LogP) is 4.88. The smallest absolute Gasteiger partial charge is 0.225 e. The molecule has 2 nitrogen and oxygen atoms in total. The van der Waals surface area contributed by atoms with Crippen LogP contribution in [-0.2, 0) is 4.79 Å². The minimum absolute atomic E-state index is 0.0511. The molecule has 0 aromatic heterocycles. The summed E-state index contributed by atoms with van der Waals surface area (Å²) in [5.41, 5.74) is 1.96. The second-order valence-electron chi connectivity index (χ2n) is 4.42. The van der Waals surface area contributed by atoms with Crippen molar-refractivity contribution in [3.8, 4) is 0 Å². The highest BCUT2D eigenvalue weighted by Gasteiger charge is 2.04. The summed E-state index contributed by atoms with van der Waals surface area (Å²) in [6, 6.07) is 15.9. The van der Waals surface area contributed by atoms with Gasteiger partial charge in [-0.1, -0.05) is 34.1 Å². The SMILES string of the molecule is Cc1cc(NC(=O)CCSc2ccccc2)ccc1Br. The second kappa shape index (κ2) is 7.50. The highest BCUT2D eigenvalue weighted by Crippen LogP contribution is 2.21. The zero-order valence-corrected chi connectivity index (χ0v) is 13.6. The molecule has 0 aliphatic rings. The number of rotatable bonds is 5. The van der Waals surface area contributed by atoms with E-state index >= 15 is 0 Å². The molecule has 20 heavy (non-hydrogen) atoms. The van der Waals surface area contributed by atoms with Crippen LogP contribution in [0.1, 0.15) is 12.0 Å². The first-order valence-corrected chi connectivity index (χ1v) is 8.17. The summed E-state index contributed by atoms with van der Waals surface area (Å²) in [7, 11) is 0. The third-order valence-electron chi connectivity index (χ3n) is 2.78. The highest BCUT2D eigenvalue weighted by atomic mass is 79.9.